The van der Waals surface area contributed by atoms with Crippen molar-refractivity contribution in [3.05, 3.63) is 64.0 Å². The second-order valence-corrected chi connectivity index (χ2v) is 7.63. The Hall–Kier alpha value is -5.20. The van der Waals surface area contributed by atoms with Crippen LogP contribution >= 0.6 is 0 Å². The first-order valence-corrected chi connectivity index (χ1v) is 10.7. The summed E-state index contributed by atoms with van der Waals surface area (Å²) in [6.07, 6.45) is 0. The zero-order valence-corrected chi connectivity index (χ0v) is 21.3. The normalized spacial score (nSPS) is 9.71. The van der Waals surface area contributed by atoms with Gasteiger partial charge in [0.05, 0.1) is 31.2 Å². The SMILES string of the molecule is CC(=O)c1c(C)[nH]c(C(=O)O)c1C.COc1cc(N)c(C(=O)O)cc1OC.Nc1cccc(C(=O)O)c1O. The van der Waals surface area contributed by atoms with Crippen molar-refractivity contribution in [2.45, 2.75) is 20.8 Å². The van der Waals surface area contributed by atoms with E-state index < -0.39 is 17.9 Å². The average Bonchev–Trinajstić information content (AvgIpc) is 3.15. The van der Waals surface area contributed by atoms with Crippen LogP contribution in [0.2, 0.25) is 0 Å². The van der Waals surface area contributed by atoms with Gasteiger partial charge in [-0.05, 0) is 38.5 Å². The molecule has 1 aromatic heterocycles. The number of hydrogen-bond acceptors (Lipinski definition) is 9. The topological polar surface area (TPSA) is 235 Å². The van der Waals surface area contributed by atoms with E-state index in [9.17, 15) is 19.2 Å². The summed E-state index contributed by atoms with van der Waals surface area (Å²) < 4.78 is 9.89. The maximum absolute atomic E-state index is 11.1. The molecule has 0 fully saturated rings. The molecule has 2 aromatic carbocycles. The fraction of sp³-hybridized carbons (Fsp3) is 0.200. The molecular formula is C25H29N3O10. The molecule has 1 heterocycles. The minimum Gasteiger partial charge on any atom is -0.505 e. The molecule has 3 aromatic rings. The lowest BCUT2D eigenvalue weighted by atomic mass is 10.1. The standard InChI is InChI=1S/C9H11NO4.C9H11NO3.C7H7NO3/c1-13-7-3-5(9(11)12)6(10)4-8(7)14-2;1-4-7(6(3)11)5(2)10-8(4)9(12)13;8-5-3-1-2-4(6(5)9)7(10)11/h3-4H,10H2,1-2H3,(H,11,12);10H,1-3H3,(H,12,13);1-3,9H,8H2,(H,10,11). The number of carboxylic acids is 3. The second kappa shape index (κ2) is 13.2. The van der Waals surface area contributed by atoms with Crippen molar-refractivity contribution >= 4 is 35.1 Å². The number of aromatic hydroxyl groups is 1. The lowest BCUT2D eigenvalue weighted by Crippen LogP contribution is -2.04. The number of nitrogens with one attached hydrogen (secondary N) is 1. The minimum absolute atomic E-state index is 0.00245. The quantitative estimate of drug-likeness (QED) is 0.138. The van der Waals surface area contributed by atoms with Crippen LogP contribution in [0.3, 0.4) is 0 Å². The molecular weight excluding hydrogens is 502 g/mol. The Balaban J connectivity index is 0.000000287. The Morgan fingerprint density at radius 1 is 0.816 bits per heavy atom. The van der Waals surface area contributed by atoms with Crippen LogP contribution < -0.4 is 20.9 Å². The number of nitrogen functional groups attached to an aromatic ring is 2. The van der Waals surface area contributed by atoms with Crippen LogP contribution in [-0.4, -0.2) is 63.3 Å². The Labute approximate surface area is 217 Å². The number of anilines is 2. The molecule has 0 amide bonds. The third-order valence-corrected chi connectivity index (χ3v) is 5.09. The van der Waals surface area contributed by atoms with E-state index in [4.69, 9.17) is 41.4 Å². The number of aromatic carboxylic acids is 3. The number of phenols is 1. The average molecular weight is 532 g/mol. The first-order valence-electron chi connectivity index (χ1n) is 10.7. The fourth-order valence-corrected chi connectivity index (χ4v) is 3.31. The molecule has 13 heteroatoms. The van der Waals surface area contributed by atoms with Crippen LogP contribution in [0.5, 0.6) is 17.2 Å². The van der Waals surface area contributed by atoms with Gasteiger partial charge < -0.3 is 46.4 Å². The third-order valence-electron chi connectivity index (χ3n) is 5.09. The number of hydrogen-bond donors (Lipinski definition) is 7. The molecule has 0 aliphatic carbocycles. The number of methoxy groups -OCH3 is 2. The van der Waals surface area contributed by atoms with Gasteiger partial charge in [0.2, 0.25) is 0 Å². The summed E-state index contributed by atoms with van der Waals surface area (Å²) >= 11 is 0. The van der Waals surface area contributed by atoms with Gasteiger partial charge in [-0.3, -0.25) is 4.79 Å². The number of para-hydroxylation sites is 1. The van der Waals surface area contributed by atoms with Gasteiger partial charge >= 0.3 is 17.9 Å². The van der Waals surface area contributed by atoms with Crippen molar-refractivity contribution in [2.75, 3.05) is 25.7 Å². The Bertz CT molecular complexity index is 1360. The zero-order valence-electron chi connectivity index (χ0n) is 21.3. The first kappa shape index (κ1) is 30.8. The summed E-state index contributed by atoms with van der Waals surface area (Å²) in [7, 11) is 2.89. The molecule has 0 saturated carbocycles. The van der Waals surface area contributed by atoms with E-state index in [0.29, 0.717) is 28.3 Å². The maximum atomic E-state index is 11.1. The number of carboxylic acid groups (broad SMARTS) is 3. The van der Waals surface area contributed by atoms with Crippen molar-refractivity contribution in [3.63, 3.8) is 0 Å². The number of benzene rings is 2. The molecule has 0 unspecified atom stereocenters. The van der Waals surface area contributed by atoms with Crippen molar-refractivity contribution in [3.8, 4) is 17.2 Å². The number of aromatic nitrogens is 1. The van der Waals surface area contributed by atoms with E-state index in [1.807, 2.05) is 0 Å². The lowest BCUT2D eigenvalue weighted by Gasteiger charge is -2.09. The van der Waals surface area contributed by atoms with Crippen LogP contribution in [0.4, 0.5) is 11.4 Å². The molecule has 0 spiro atoms. The van der Waals surface area contributed by atoms with E-state index in [-0.39, 0.29) is 39.7 Å². The number of aryl methyl sites for hydroxylation is 1. The molecule has 204 valence electrons. The molecule has 0 radical (unpaired) electrons. The summed E-state index contributed by atoms with van der Waals surface area (Å²) in [4.78, 5) is 45.5. The summed E-state index contributed by atoms with van der Waals surface area (Å²) in [5.74, 6) is -3.04. The zero-order chi connectivity index (χ0) is 29.3. The third kappa shape index (κ3) is 7.40. The van der Waals surface area contributed by atoms with Crippen LogP contribution in [0, 0.1) is 13.8 Å². The minimum atomic E-state index is -1.19. The molecule has 38 heavy (non-hydrogen) atoms. The number of nitrogens with two attached hydrogens (primary N) is 2. The summed E-state index contributed by atoms with van der Waals surface area (Å²) in [5, 5.41) is 35.1. The van der Waals surface area contributed by atoms with E-state index >= 15 is 0 Å². The van der Waals surface area contributed by atoms with Crippen molar-refractivity contribution in [1.29, 1.82) is 0 Å². The summed E-state index contributed by atoms with van der Waals surface area (Å²) in [5.41, 5.74) is 12.5. The van der Waals surface area contributed by atoms with Crippen LogP contribution in [-0.2, 0) is 0 Å². The fourth-order valence-electron chi connectivity index (χ4n) is 3.31. The number of ether oxygens (including phenoxy) is 2. The van der Waals surface area contributed by atoms with Gasteiger partial charge in [-0.1, -0.05) is 6.07 Å². The number of H-pyrrole nitrogens is 1. The number of aromatic amines is 1. The van der Waals surface area contributed by atoms with Crippen molar-refractivity contribution in [1.82, 2.24) is 4.98 Å². The Kier molecular flexibility index (Phi) is 10.7. The highest BCUT2D eigenvalue weighted by Gasteiger charge is 2.18. The van der Waals surface area contributed by atoms with E-state index in [1.54, 1.807) is 13.8 Å². The van der Waals surface area contributed by atoms with E-state index in [1.165, 1.54) is 51.5 Å². The smallest absolute Gasteiger partial charge is 0.352 e. The molecule has 0 bridgehead atoms. The highest BCUT2D eigenvalue weighted by molar-refractivity contribution is 6.00. The molecule has 3 rings (SSSR count). The van der Waals surface area contributed by atoms with E-state index in [0.717, 1.165) is 0 Å². The molecule has 13 nitrogen and oxygen atoms in total. The van der Waals surface area contributed by atoms with Crippen LogP contribution in [0.15, 0.2) is 30.3 Å². The van der Waals surface area contributed by atoms with Gasteiger partial charge in [0.15, 0.2) is 23.0 Å². The molecule has 0 saturated heterocycles. The Morgan fingerprint density at radius 3 is 1.71 bits per heavy atom. The lowest BCUT2D eigenvalue weighted by molar-refractivity contribution is 0.0680. The number of Topliss-reactive ketones (excluding diaryl/α,β-unsaturated/α-hetero) is 1. The monoisotopic (exact) mass is 531 g/mol. The van der Waals surface area contributed by atoms with Gasteiger partial charge in [0, 0.05) is 23.4 Å². The highest BCUT2D eigenvalue weighted by atomic mass is 16.5. The van der Waals surface area contributed by atoms with Gasteiger partial charge in [-0.15, -0.1) is 0 Å². The van der Waals surface area contributed by atoms with E-state index in [2.05, 4.69) is 4.98 Å². The van der Waals surface area contributed by atoms with Crippen LogP contribution in [0.25, 0.3) is 0 Å². The predicted octanol–water partition coefficient (Wildman–Crippen LogP) is 3.19. The first-order chi connectivity index (χ1) is 17.7. The number of carbonyl (C=O) groups excluding carboxylic acids is 1. The van der Waals surface area contributed by atoms with Gasteiger partial charge in [0.25, 0.3) is 0 Å². The van der Waals surface area contributed by atoms with Gasteiger partial charge in [-0.2, -0.15) is 0 Å². The van der Waals surface area contributed by atoms with Gasteiger partial charge in [-0.25, -0.2) is 14.4 Å². The molecule has 0 aliphatic heterocycles. The molecule has 0 aliphatic rings. The number of rotatable bonds is 6. The summed E-state index contributed by atoms with van der Waals surface area (Å²) in [6.45, 7) is 4.74. The molecule has 0 atom stereocenters. The predicted molar refractivity (Wildman–Crippen MR) is 138 cm³/mol. The highest BCUT2D eigenvalue weighted by Crippen LogP contribution is 2.31. The second-order valence-electron chi connectivity index (χ2n) is 7.63. The number of carbonyl (C=O) groups is 4. The summed E-state index contributed by atoms with van der Waals surface area (Å²) in [6, 6.07) is 6.94. The number of ketones is 1. The van der Waals surface area contributed by atoms with Crippen LogP contribution in [0.1, 0.15) is 59.7 Å². The van der Waals surface area contributed by atoms with Crippen molar-refractivity contribution in [2.24, 2.45) is 0 Å². The largest absolute Gasteiger partial charge is 0.505 e. The maximum Gasteiger partial charge on any atom is 0.352 e. The Morgan fingerprint density at radius 2 is 1.34 bits per heavy atom. The van der Waals surface area contributed by atoms with Gasteiger partial charge in [0.1, 0.15) is 11.3 Å². The molecule has 9 N–H and O–H groups in total. The van der Waals surface area contributed by atoms with Crippen molar-refractivity contribution < 1.29 is 49.1 Å².